The van der Waals surface area contributed by atoms with E-state index in [1.807, 2.05) is 26.0 Å². The van der Waals surface area contributed by atoms with Crippen molar-refractivity contribution in [3.8, 4) is 0 Å². The van der Waals surface area contributed by atoms with E-state index < -0.39 is 12.1 Å². The van der Waals surface area contributed by atoms with E-state index in [0.717, 1.165) is 11.5 Å². The van der Waals surface area contributed by atoms with Crippen LogP contribution in [-0.4, -0.2) is 28.8 Å². The van der Waals surface area contributed by atoms with E-state index in [-0.39, 0.29) is 19.0 Å². The second kappa shape index (κ2) is 5.67. The molecule has 5 nitrogen and oxygen atoms in total. The highest BCUT2D eigenvalue weighted by atomic mass is 16.4. The van der Waals surface area contributed by atoms with E-state index in [4.69, 9.17) is 9.52 Å². The van der Waals surface area contributed by atoms with Gasteiger partial charge in [-0.15, -0.1) is 0 Å². The Morgan fingerprint density at radius 3 is 2.75 bits per heavy atom. The molecule has 0 aliphatic heterocycles. The van der Waals surface area contributed by atoms with Crippen LogP contribution in [0.3, 0.4) is 0 Å². The number of nitrogens with one attached hydrogen (secondary N) is 1. The Bertz CT molecular complexity index is 348. The van der Waals surface area contributed by atoms with Gasteiger partial charge in [0.25, 0.3) is 0 Å². The Morgan fingerprint density at radius 1 is 1.56 bits per heavy atom. The lowest BCUT2D eigenvalue weighted by Crippen LogP contribution is -2.30. The molecule has 1 aromatic heterocycles. The van der Waals surface area contributed by atoms with Gasteiger partial charge in [-0.05, 0) is 26.0 Å². The van der Waals surface area contributed by atoms with Crippen LogP contribution in [0.4, 0.5) is 0 Å². The second-order valence-corrected chi connectivity index (χ2v) is 3.83. The molecule has 0 radical (unpaired) electrons. The van der Waals surface area contributed by atoms with Crippen LogP contribution in [-0.2, 0) is 4.79 Å². The maximum atomic E-state index is 10.3. The molecule has 0 spiro atoms. The van der Waals surface area contributed by atoms with Crippen LogP contribution in [0.5, 0.6) is 0 Å². The summed E-state index contributed by atoms with van der Waals surface area (Å²) in [6.45, 7) is 3.98. The van der Waals surface area contributed by atoms with Gasteiger partial charge in [-0.3, -0.25) is 4.79 Å². The summed E-state index contributed by atoms with van der Waals surface area (Å²) in [5.41, 5.74) is 0. The van der Waals surface area contributed by atoms with Crippen LogP contribution in [0.15, 0.2) is 16.5 Å². The number of carbonyl (C=O) groups is 1. The fourth-order valence-corrected chi connectivity index (χ4v) is 1.37. The molecule has 2 atom stereocenters. The van der Waals surface area contributed by atoms with E-state index in [9.17, 15) is 9.90 Å². The minimum absolute atomic E-state index is 0.0443. The molecule has 5 heteroatoms. The van der Waals surface area contributed by atoms with Crippen molar-refractivity contribution in [2.24, 2.45) is 0 Å². The van der Waals surface area contributed by atoms with Gasteiger partial charge in [0.15, 0.2) is 0 Å². The van der Waals surface area contributed by atoms with Gasteiger partial charge < -0.3 is 19.9 Å². The van der Waals surface area contributed by atoms with E-state index in [1.54, 1.807) is 0 Å². The molecule has 0 aliphatic carbocycles. The first kappa shape index (κ1) is 12.7. The number of hydrogen-bond donors (Lipinski definition) is 3. The highest BCUT2D eigenvalue weighted by molar-refractivity contribution is 5.67. The number of aliphatic hydroxyl groups is 1. The van der Waals surface area contributed by atoms with Gasteiger partial charge in [0.2, 0.25) is 0 Å². The summed E-state index contributed by atoms with van der Waals surface area (Å²) in [6.07, 6.45) is -1.13. The summed E-state index contributed by atoms with van der Waals surface area (Å²) >= 11 is 0. The number of hydrogen-bond acceptors (Lipinski definition) is 4. The summed E-state index contributed by atoms with van der Waals surface area (Å²) in [6, 6.07) is 3.68. The topological polar surface area (TPSA) is 82.7 Å². The third-order valence-corrected chi connectivity index (χ3v) is 2.26. The van der Waals surface area contributed by atoms with Crippen molar-refractivity contribution in [1.82, 2.24) is 5.32 Å². The van der Waals surface area contributed by atoms with Crippen LogP contribution in [0.2, 0.25) is 0 Å². The summed E-state index contributed by atoms with van der Waals surface area (Å²) < 4.78 is 5.40. The molecule has 0 saturated heterocycles. The van der Waals surface area contributed by atoms with Crippen molar-refractivity contribution in [3.05, 3.63) is 23.7 Å². The van der Waals surface area contributed by atoms with Gasteiger partial charge >= 0.3 is 5.97 Å². The number of aliphatic carboxylic acids is 1. The first-order chi connectivity index (χ1) is 7.49. The van der Waals surface area contributed by atoms with Crippen molar-refractivity contribution in [2.45, 2.75) is 32.4 Å². The fourth-order valence-electron chi connectivity index (χ4n) is 1.37. The van der Waals surface area contributed by atoms with Gasteiger partial charge in [-0.25, -0.2) is 0 Å². The minimum Gasteiger partial charge on any atom is -0.481 e. The lowest BCUT2D eigenvalue weighted by atomic mass is 10.2. The predicted molar refractivity (Wildman–Crippen MR) is 58.1 cm³/mol. The monoisotopic (exact) mass is 227 g/mol. The smallest absolute Gasteiger partial charge is 0.306 e. The zero-order valence-electron chi connectivity index (χ0n) is 9.43. The van der Waals surface area contributed by atoms with Gasteiger partial charge in [-0.1, -0.05) is 0 Å². The number of carboxylic acids is 1. The molecule has 0 bridgehead atoms. The summed E-state index contributed by atoms with van der Waals surface area (Å²) in [5.74, 6) is 0.602. The normalized spacial score (nSPS) is 14.7. The maximum Gasteiger partial charge on any atom is 0.306 e. The summed E-state index contributed by atoms with van der Waals surface area (Å²) in [4.78, 5) is 10.3. The van der Waals surface area contributed by atoms with Crippen molar-refractivity contribution in [3.63, 3.8) is 0 Å². The van der Waals surface area contributed by atoms with Crippen LogP contribution in [0.1, 0.15) is 30.9 Å². The Morgan fingerprint density at radius 2 is 2.25 bits per heavy atom. The van der Waals surface area contributed by atoms with E-state index in [0.29, 0.717) is 0 Å². The number of aliphatic hydroxyl groups excluding tert-OH is 1. The highest BCUT2D eigenvalue weighted by Gasteiger charge is 2.13. The lowest BCUT2D eigenvalue weighted by molar-refractivity contribution is -0.139. The standard InChI is InChI=1S/C11H17NO4/c1-7-3-4-10(16-7)8(2)12-6-9(13)5-11(14)15/h3-4,8-9,12-13H,5-6H2,1-2H3,(H,14,15). The molecule has 2 unspecified atom stereocenters. The van der Waals surface area contributed by atoms with Crippen LogP contribution in [0, 0.1) is 6.92 Å². The molecule has 0 fully saturated rings. The Kier molecular flexibility index (Phi) is 4.52. The molecule has 0 aliphatic rings. The molecule has 0 aromatic carbocycles. The fraction of sp³-hybridized carbons (Fsp3) is 0.545. The third kappa shape index (κ3) is 4.04. The zero-order valence-corrected chi connectivity index (χ0v) is 9.43. The van der Waals surface area contributed by atoms with E-state index in [1.165, 1.54) is 0 Å². The Hall–Kier alpha value is -1.33. The molecular weight excluding hydrogens is 210 g/mol. The van der Waals surface area contributed by atoms with E-state index in [2.05, 4.69) is 5.32 Å². The predicted octanol–water partition coefficient (Wildman–Crippen LogP) is 1.07. The van der Waals surface area contributed by atoms with Crippen LogP contribution >= 0.6 is 0 Å². The highest BCUT2D eigenvalue weighted by Crippen LogP contribution is 2.15. The largest absolute Gasteiger partial charge is 0.481 e. The molecule has 1 heterocycles. The number of aryl methyl sites for hydroxylation is 1. The van der Waals surface area contributed by atoms with Crippen molar-refractivity contribution >= 4 is 5.97 Å². The molecule has 90 valence electrons. The van der Waals surface area contributed by atoms with Crippen molar-refractivity contribution in [1.29, 1.82) is 0 Å². The first-order valence-corrected chi connectivity index (χ1v) is 5.18. The van der Waals surface area contributed by atoms with Crippen molar-refractivity contribution in [2.75, 3.05) is 6.54 Å². The second-order valence-electron chi connectivity index (χ2n) is 3.83. The molecular formula is C11H17NO4. The van der Waals surface area contributed by atoms with Gasteiger partial charge in [0.05, 0.1) is 18.6 Å². The first-order valence-electron chi connectivity index (χ1n) is 5.18. The molecule has 0 amide bonds. The molecule has 1 rings (SSSR count). The average molecular weight is 227 g/mol. The summed E-state index contributed by atoms with van der Waals surface area (Å²) in [5, 5.41) is 20.8. The quantitative estimate of drug-likeness (QED) is 0.677. The SMILES string of the molecule is Cc1ccc(C(C)NCC(O)CC(=O)O)o1. The van der Waals surface area contributed by atoms with E-state index >= 15 is 0 Å². The minimum atomic E-state index is -1.00. The lowest BCUT2D eigenvalue weighted by Gasteiger charge is -2.14. The third-order valence-electron chi connectivity index (χ3n) is 2.26. The number of furan rings is 1. The summed E-state index contributed by atoms with van der Waals surface area (Å²) in [7, 11) is 0. The van der Waals surface area contributed by atoms with Crippen LogP contribution in [0.25, 0.3) is 0 Å². The Labute approximate surface area is 94.1 Å². The van der Waals surface area contributed by atoms with Gasteiger partial charge in [0, 0.05) is 6.54 Å². The number of carboxylic acid groups (broad SMARTS) is 1. The van der Waals surface area contributed by atoms with Gasteiger partial charge in [0.1, 0.15) is 11.5 Å². The van der Waals surface area contributed by atoms with Gasteiger partial charge in [-0.2, -0.15) is 0 Å². The maximum absolute atomic E-state index is 10.3. The zero-order chi connectivity index (χ0) is 12.1. The average Bonchev–Trinajstić information content (AvgIpc) is 2.60. The Balaban J connectivity index is 2.35. The molecule has 16 heavy (non-hydrogen) atoms. The van der Waals surface area contributed by atoms with Crippen LogP contribution < -0.4 is 5.32 Å². The molecule has 1 aromatic rings. The molecule has 3 N–H and O–H groups in total. The van der Waals surface area contributed by atoms with Crippen molar-refractivity contribution < 1.29 is 19.4 Å². The number of rotatable bonds is 6. The molecule has 0 saturated carbocycles.